The second-order valence-electron chi connectivity index (χ2n) is 4.34. The Morgan fingerprint density at radius 1 is 1.06 bits per heavy atom. The molecule has 0 amide bonds. The van der Waals surface area contributed by atoms with Gasteiger partial charge in [0, 0.05) is 0 Å². The minimum absolute atomic E-state index is 0.0698. The van der Waals surface area contributed by atoms with Gasteiger partial charge in [0.05, 0.1) is 19.1 Å². The molecule has 2 heteroatoms. The van der Waals surface area contributed by atoms with Gasteiger partial charge in [0.15, 0.2) is 0 Å². The van der Waals surface area contributed by atoms with E-state index >= 15 is 0 Å². The number of aryl methyl sites for hydroxylation is 1. The second kappa shape index (κ2) is 5.48. The lowest BCUT2D eigenvalue weighted by Crippen LogP contribution is -1.89. The maximum Gasteiger partial charge on any atom is 0.0681 e. The first-order valence-electron chi connectivity index (χ1n) is 5.91. The molecule has 0 saturated heterocycles. The number of aliphatic hydroxyl groups is 1. The summed E-state index contributed by atoms with van der Waals surface area (Å²) in [5.41, 5.74) is 5.43. The second-order valence-corrected chi connectivity index (χ2v) is 4.34. The van der Waals surface area contributed by atoms with Gasteiger partial charge < -0.3 is 5.11 Å². The van der Waals surface area contributed by atoms with Gasteiger partial charge >= 0.3 is 0 Å². The van der Waals surface area contributed by atoms with Crippen LogP contribution in [0.3, 0.4) is 0 Å². The highest BCUT2D eigenvalue weighted by atomic mass is 16.3. The Morgan fingerprint density at radius 2 is 1.72 bits per heavy atom. The van der Waals surface area contributed by atoms with Crippen molar-refractivity contribution in [1.82, 2.24) is 0 Å². The monoisotopic (exact) mass is 237 g/mol. The van der Waals surface area contributed by atoms with E-state index in [1.54, 1.807) is 0 Å². The molecule has 1 N–H and O–H groups in total. The Balaban J connectivity index is 2.35. The third-order valence-corrected chi connectivity index (χ3v) is 3.02. The minimum Gasteiger partial charge on any atom is -0.392 e. The van der Waals surface area contributed by atoms with Crippen LogP contribution in [0.25, 0.3) is 11.1 Å². The Bertz CT molecular complexity index is 579. The van der Waals surface area contributed by atoms with Crippen LogP contribution in [0.15, 0.2) is 42.5 Å². The summed E-state index contributed by atoms with van der Waals surface area (Å²) in [4.78, 5) is 0. The maximum absolute atomic E-state index is 9.02. The van der Waals surface area contributed by atoms with E-state index in [1.807, 2.05) is 30.3 Å². The van der Waals surface area contributed by atoms with Crippen LogP contribution in [0, 0.1) is 18.3 Å². The third-order valence-electron chi connectivity index (χ3n) is 3.02. The van der Waals surface area contributed by atoms with E-state index in [9.17, 15) is 0 Å². The summed E-state index contributed by atoms with van der Waals surface area (Å²) >= 11 is 0. The number of nitrogens with zero attached hydrogens (tertiary/aromatic N) is 1. The van der Waals surface area contributed by atoms with Gasteiger partial charge in [-0.3, -0.25) is 0 Å². The van der Waals surface area contributed by atoms with Crippen LogP contribution in [0.2, 0.25) is 0 Å². The lowest BCUT2D eigenvalue weighted by Gasteiger charge is -2.08. The molecule has 2 rings (SSSR count). The predicted octanol–water partition coefficient (Wildman–Crippen LogP) is 3.22. The van der Waals surface area contributed by atoms with Gasteiger partial charge in [-0.25, -0.2) is 0 Å². The summed E-state index contributed by atoms with van der Waals surface area (Å²) in [5, 5.41) is 17.7. The summed E-state index contributed by atoms with van der Waals surface area (Å²) in [7, 11) is 0. The van der Waals surface area contributed by atoms with Gasteiger partial charge in [0.1, 0.15) is 0 Å². The molecule has 0 aliphatic heterocycles. The fourth-order valence-corrected chi connectivity index (χ4v) is 2.04. The zero-order valence-electron chi connectivity index (χ0n) is 10.4. The standard InChI is InChI=1S/C16H15NO/c1-12-10-13(8-9-17)4-7-16(12)15-5-2-14(11-18)3-6-15/h2-7,10,18H,8,11H2,1H3. The predicted molar refractivity (Wildman–Crippen MR) is 71.9 cm³/mol. The Hall–Kier alpha value is -2.11. The van der Waals surface area contributed by atoms with Crippen molar-refractivity contribution in [3.63, 3.8) is 0 Å². The van der Waals surface area contributed by atoms with E-state index in [1.165, 1.54) is 11.1 Å². The normalized spacial score (nSPS) is 10.1. The number of nitriles is 1. The molecule has 0 spiro atoms. The number of benzene rings is 2. The zero-order valence-corrected chi connectivity index (χ0v) is 10.4. The number of hydrogen-bond donors (Lipinski definition) is 1. The summed E-state index contributed by atoms with van der Waals surface area (Å²) in [6.07, 6.45) is 0.449. The molecular formula is C16H15NO. The topological polar surface area (TPSA) is 44.0 Å². The fraction of sp³-hybridized carbons (Fsp3) is 0.188. The molecular weight excluding hydrogens is 222 g/mol. The first kappa shape index (κ1) is 12.3. The summed E-state index contributed by atoms with van der Waals surface area (Å²) in [5.74, 6) is 0. The molecule has 0 aromatic heterocycles. The van der Waals surface area contributed by atoms with E-state index in [0.29, 0.717) is 6.42 Å². The molecule has 18 heavy (non-hydrogen) atoms. The lowest BCUT2D eigenvalue weighted by atomic mass is 9.97. The van der Waals surface area contributed by atoms with Gasteiger partial charge in [-0.15, -0.1) is 0 Å². The summed E-state index contributed by atoms with van der Waals surface area (Å²) in [6, 6.07) is 16.1. The first-order chi connectivity index (χ1) is 8.74. The van der Waals surface area contributed by atoms with Crippen molar-refractivity contribution in [3.8, 4) is 17.2 Å². The largest absolute Gasteiger partial charge is 0.392 e. The molecule has 2 aromatic carbocycles. The van der Waals surface area contributed by atoms with Crippen molar-refractivity contribution >= 4 is 0 Å². The molecule has 0 heterocycles. The van der Waals surface area contributed by atoms with Gasteiger partial charge in [0.2, 0.25) is 0 Å². The molecule has 90 valence electrons. The third kappa shape index (κ3) is 2.58. The highest BCUT2D eigenvalue weighted by Gasteiger charge is 2.03. The molecule has 2 nitrogen and oxygen atoms in total. The molecule has 0 aliphatic rings. The van der Waals surface area contributed by atoms with Crippen LogP contribution < -0.4 is 0 Å². The van der Waals surface area contributed by atoms with Crippen molar-refractivity contribution in [3.05, 3.63) is 59.2 Å². The molecule has 0 atom stereocenters. The van der Waals surface area contributed by atoms with Crippen molar-refractivity contribution in [1.29, 1.82) is 5.26 Å². The molecule has 0 radical (unpaired) electrons. The van der Waals surface area contributed by atoms with Gasteiger partial charge in [-0.05, 0) is 34.7 Å². The molecule has 0 unspecified atom stereocenters. The van der Waals surface area contributed by atoms with Crippen LogP contribution in [-0.4, -0.2) is 5.11 Å². The molecule has 2 aromatic rings. The summed E-state index contributed by atoms with van der Waals surface area (Å²) in [6.45, 7) is 2.12. The van der Waals surface area contributed by atoms with Crippen molar-refractivity contribution in [2.45, 2.75) is 20.0 Å². The average Bonchev–Trinajstić information content (AvgIpc) is 2.40. The van der Waals surface area contributed by atoms with Crippen molar-refractivity contribution < 1.29 is 5.11 Å². The summed E-state index contributed by atoms with van der Waals surface area (Å²) < 4.78 is 0. The SMILES string of the molecule is Cc1cc(CC#N)ccc1-c1ccc(CO)cc1. The molecule has 0 bridgehead atoms. The Kier molecular flexibility index (Phi) is 3.76. The highest BCUT2D eigenvalue weighted by Crippen LogP contribution is 2.24. The smallest absolute Gasteiger partial charge is 0.0681 e. The van der Waals surface area contributed by atoms with Crippen LogP contribution >= 0.6 is 0 Å². The van der Waals surface area contributed by atoms with E-state index in [0.717, 1.165) is 16.7 Å². The van der Waals surface area contributed by atoms with E-state index in [-0.39, 0.29) is 6.61 Å². The van der Waals surface area contributed by atoms with E-state index in [2.05, 4.69) is 25.1 Å². The fourth-order valence-electron chi connectivity index (χ4n) is 2.04. The van der Waals surface area contributed by atoms with E-state index in [4.69, 9.17) is 10.4 Å². The average molecular weight is 237 g/mol. The number of rotatable bonds is 3. The van der Waals surface area contributed by atoms with E-state index < -0.39 is 0 Å². The van der Waals surface area contributed by atoms with Crippen LogP contribution in [0.1, 0.15) is 16.7 Å². The quantitative estimate of drug-likeness (QED) is 0.890. The minimum atomic E-state index is 0.0698. The van der Waals surface area contributed by atoms with Gasteiger partial charge in [-0.2, -0.15) is 5.26 Å². The Morgan fingerprint density at radius 3 is 2.28 bits per heavy atom. The maximum atomic E-state index is 9.02. The van der Waals surface area contributed by atoms with Crippen molar-refractivity contribution in [2.24, 2.45) is 0 Å². The van der Waals surface area contributed by atoms with Gasteiger partial charge in [-0.1, -0.05) is 42.5 Å². The van der Waals surface area contributed by atoms with Crippen molar-refractivity contribution in [2.75, 3.05) is 0 Å². The molecule has 0 aliphatic carbocycles. The van der Waals surface area contributed by atoms with Gasteiger partial charge in [0.25, 0.3) is 0 Å². The van der Waals surface area contributed by atoms with Crippen LogP contribution in [0.5, 0.6) is 0 Å². The lowest BCUT2D eigenvalue weighted by molar-refractivity contribution is 0.282. The van der Waals surface area contributed by atoms with Crippen LogP contribution in [-0.2, 0) is 13.0 Å². The highest BCUT2D eigenvalue weighted by molar-refractivity contribution is 5.67. The van der Waals surface area contributed by atoms with Crippen LogP contribution in [0.4, 0.5) is 0 Å². The number of hydrogen-bond acceptors (Lipinski definition) is 2. The molecule has 0 fully saturated rings. The number of aliphatic hydroxyl groups excluding tert-OH is 1. The molecule has 0 saturated carbocycles. The first-order valence-corrected chi connectivity index (χ1v) is 5.91. The Labute approximate surface area is 107 Å². The zero-order chi connectivity index (χ0) is 13.0.